The van der Waals surface area contributed by atoms with Crippen molar-refractivity contribution < 1.29 is 32.3 Å². The summed E-state index contributed by atoms with van der Waals surface area (Å²) in [5, 5.41) is 7.62. The summed E-state index contributed by atoms with van der Waals surface area (Å²) in [5.41, 5.74) is 0.952. The lowest BCUT2D eigenvalue weighted by atomic mass is 9.94. The third kappa shape index (κ3) is 6.61. The van der Waals surface area contributed by atoms with E-state index >= 15 is 0 Å². The van der Waals surface area contributed by atoms with E-state index in [1.165, 1.54) is 21.9 Å². The van der Waals surface area contributed by atoms with Crippen molar-refractivity contribution in [2.24, 2.45) is 5.92 Å². The number of benzene rings is 2. The zero-order valence-electron chi connectivity index (χ0n) is 28.1. The minimum atomic E-state index is -3.84. The van der Waals surface area contributed by atoms with E-state index in [0.717, 1.165) is 32.1 Å². The maximum atomic E-state index is 14.5. The van der Waals surface area contributed by atoms with Gasteiger partial charge in [0.25, 0.3) is 5.91 Å². The molecule has 0 spiro atoms. The Morgan fingerprint density at radius 3 is 2.38 bits per heavy atom. The molecule has 5 atom stereocenters. The molecule has 4 amide bonds. The molecule has 3 aliphatic carbocycles. The molecular formula is C37H45N5O7S. The molecule has 2 aromatic carbocycles. The highest BCUT2D eigenvalue weighted by Gasteiger charge is 2.62. The highest BCUT2D eigenvalue weighted by molar-refractivity contribution is 7.91. The van der Waals surface area contributed by atoms with Crippen LogP contribution in [0.5, 0.6) is 0 Å². The number of alkyl carbamates (subject to hydrolysis) is 1. The fourth-order valence-electron chi connectivity index (χ4n) is 8.07. The third-order valence-electron chi connectivity index (χ3n) is 11.3. The van der Waals surface area contributed by atoms with E-state index in [2.05, 4.69) is 44.5 Å². The quantitative estimate of drug-likeness (QED) is 0.387. The molecule has 50 heavy (non-hydrogen) atoms. The van der Waals surface area contributed by atoms with E-state index in [9.17, 15) is 27.6 Å². The first-order valence-corrected chi connectivity index (χ1v) is 19.7. The van der Waals surface area contributed by atoms with Gasteiger partial charge in [-0.15, -0.1) is 0 Å². The van der Waals surface area contributed by atoms with Crippen LogP contribution in [-0.4, -0.2) is 83.6 Å². The first kappa shape index (κ1) is 33.2. The second kappa shape index (κ2) is 13.0. The number of amides is 4. The van der Waals surface area contributed by atoms with Crippen molar-refractivity contribution >= 4 is 44.6 Å². The molecule has 1 saturated heterocycles. The van der Waals surface area contributed by atoms with Crippen molar-refractivity contribution in [1.29, 1.82) is 0 Å². The standard InChI is InChI=1S/C37H45N5O7S/c43-33-31-18-27(41-20-24-10-6-8-23-9-7-11-25(21-41)32(23)24)22-42(31)34(44)30(38-36(46)49-28-14-15-28)13-5-3-1-2-4-12-26-19-37(26,39-33)35(45)40-50(47,48)29-16-17-29/h4,6-12,26-31H,1-3,5,13-22H2,(H,38,46)(H,39,43)(H,40,45)/b12-4+/t26?,27-,30?,31?,37?/m1/s1. The second-order valence-electron chi connectivity index (χ2n) is 15.0. The number of hydrogen-bond donors (Lipinski definition) is 3. The molecule has 4 fully saturated rings. The van der Waals surface area contributed by atoms with Gasteiger partial charge < -0.3 is 20.3 Å². The van der Waals surface area contributed by atoms with Gasteiger partial charge in [0.05, 0.1) is 5.25 Å². The molecular weight excluding hydrogens is 659 g/mol. The van der Waals surface area contributed by atoms with Gasteiger partial charge >= 0.3 is 6.09 Å². The summed E-state index contributed by atoms with van der Waals surface area (Å²) in [6.07, 6.45) is 9.88. The summed E-state index contributed by atoms with van der Waals surface area (Å²) in [4.78, 5) is 59.3. The summed E-state index contributed by atoms with van der Waals surface area (Å²) in [7, 11) is -3.84. The van der Waals surface area contributed by atoms with Crippen LogP contribution in [0, 0.1) is 5.92 Å². The summed E-state index contributed by atoms with van der Waals surface area (Å²) >= 11 is 0. The number of nitrogens with one attached hydrogen (secondary N) is 3. The number of sulfonamides is 1. The summed E-state index contributed by atoms with van der Waals surface area (Å²) in [6.45, 7) is 1.58. The topological polar surface area (TPSA) is 154 Å². The summed E-state index contributed by atoms with van der Waals surface area (Å²) in [6, 6.07) is 10.6. The van der Waals surface area contributed by atoms with E-state index < -0.39 is 50.8 Å². The monoisotopic (exact) mass is 703 g/mol. The van der Waals surface area contributed by atoms with Gasteiger partial charge in [-0.2, -0.15) is 0 Å². The number of carbonyl (C=O) groups excluding carboxylic acids is 4. The van der Waals surface area contributed by atoms with E-state index in [-0.39, 0.29) is 36.9 Å². The van der Waals surface area contributed by atoms with Crippen LogP contribution in [0.3, 0.4) is 0 Å². The Morgan fingerprint density at radius 2 is 1.68 bits per heavy atom. The van der Waals surface area contributed by atoms with Crippen molar-refractivity contribution in [3.05, 3.63) is 59.7 Å². The number of allylic oxidation sites excluding steroid dienone is 1. The van der Waals surface area contributed by atoms with Gasteiger partial charge in [0, 0.05) is 31.6 Å². The Hall–Kier alpha value is -3.97. The largest absolute Gasteiger partial charge is 0.446 e. The normalized spacial score (nSPS) is 31.0. The molecule has 4 unspecified atom stereocenters. The van der Waals surface area contributed by atoms with Gasteiger partial charge in [-0.05, 0) is 79.7 Å². The van der Waals surface area contributed by atoms with Crippen LogP contribution in [0.15, 0.2) is 48.6 Å². The number of ether oxygens (including phenoxy) is 1. The molecule has 3 aliphatic heterocycles. The van der Waals surface area contributed by atoms with Crippen LogP contribution in [0.25, 0.3) is 10.8 Å². The van der Waals surface area contributed by atoms with E-state index in [0.29, 0.717) is 45.2 Å². The van der Waals surface area contributed by atoms with Gasteiger partial charge in [0.1, 0.15) is 23.7 Å². The van der Waals surface area contributed by atoms with Crippen LogP contribution in [-0.2, 0) is 42.2 Å². The molecule has 2 aromatic rings. The molecule has 12 nitrogen and oxygen atoms in total. The van der Waals surface area contributed by atoms with Gasteiger partial charge in [0.15, 0.2) is 0 Å². The number of nitrogens with zero attached hydrogens (tertiary/aromatic N) is 2. The Kier molecular flexibility index (Phi) is 8.61. The average molecular weight is 704 g/mol. The average Bonchev–Trinajstić information content (AvgIpc) is 4.00. The Bertz CT molecular complexity index is 1820. The van der Waals surface area contributed by atoms with Crippen molar-refractivity contribution in [1.82, 2.24) is 25.2 Å². The van der Waals surface area contributed by atoms with Gasteiger partial charge in [0.2, 0.25) is 21.8 Å². The van der Waals surface area contributed by atoms with Crippen LogP contribution < -0.4 is 15.4 Å². The van der Waals surface area contributed by atoms with Crippen molar-refractivity contribution in [2.45, 2.75) is 119 Å². The Labute approximate surface area is 292 Å². The molecule has 8 rings (SSSR count). The molecule has 0 bridgehead atoms. The van der Waals surface area contributed by atoms with Crippen LogP contribution >= 0.6 is 0 Å². The third-order valence-corrected chi connectivity index (χ3v) is 13.1. The number of fused-ring (bicyclic) bond motifs is 2. The van der Waals surface area contributed by atoms with Crippen LogP contribution in [0.1, 0.15) is 81.8 Å². The predicted molar refractivity (Wildman–Crippen MR) is 185 cm³/mol. The molecule has 3 N–H and O–H groups in total. The first-order chi connectivity index (χ1) is 24.1. The lowest BCUT2D eigenvalue weighted by Crippen LogP contribution is -2.58. The fraction of sp³-hybridized carbons (Fsp3) is 0.568. The highest BCUT2D eigenvalue weighted by atomic mass is 32.2. The second-order valence-corrected chi connectivity index (χ2v) is 17.0. The summed E-state index contributed by atoms with van der Waals surface area (Å²) in [5.74, 6) is -1.94. The van der Waals surface area contributed by atoms with E-state index in [1.54, 1.807) is 4.90 Å². The lowest BCUT2D eigenvalue weighted by molar-refractivity contribution is -0.141. The van der Waals surface area contributed by atoms with Crippen LogP contribution in [0.4, 0.5) is 4.79 Å². The molecule has 266 valence electrons. The predicted octanol–water partition coefficient (Wildman–Crippen LogP) is 3.39. The van der Waals surface area contributed by atoms with Crippen molar-refractivity contribution in [3.63, 3.8) is 0 Å². The SMILES string of the molecule is O=C(NC1CCCCC/C=C/C2CC2(C(=O)NS(=O)(=O)C2CC2)NC(=O)C2C[C@@H](N3Cc4cccc5cccc(c45)C3)CN2C1=O)OC1CC1. The highest BCUT2D eigenvalue weighted by Crippen LogP contribution is 2.46. The fourth-order valence-corrected chi connectivity index (χ4v) is 9.44. The Balaban J connectivity index is 1.09. The van der Waals surface area contributed by atoms with Crippen molar-refractivity contribution in [3.8, 4) is 0 Å². The zero-order chi connectivity index (χ0) is 34.6. The molecule has 6 aliphatic rings. The summed E-state index contributed by atoms with van der Waals surface area (Å²) < 4.78 is 33.4. The molecule has 13 heteroatoms. The molecule has 0 radical (unpaired) electrons. The number of rotatable bonds is 6. The van der Waals surface area contributed by atoms with Crippen molar-refractivity contribution in [2.75, 3.05) is 6.54 Å². The maximum absolute atomic E-state index is 14.5. The van der Waals surface area contributed by atoms with Crippen LogP contribution in [0.2, 0.25) is 0 Å². The zero-order valence-corrected chi connectivity index (χ0v) is 29.0. The number of hydrogen-bond acceptors (Lipinski definition) is 8. The maximum Gasteiger partial charge on any atom is 0.408 e. The van der Waals surface area contributed by atoms with Gasteiger partial charge in [-0.25, -0.2) is 13.2 Å². The molecule has 3 saturated carbocycles. The number of carbonyl (C=O) groups is 4. The molecule has 0 aromatic heterocycles. The first-order valence-electron chi connectivity index (χ1n) is 18.2. The van der Waals surface area contributed by atoms with Gasteiger partial charge in [-0.3, -0.25) is 24.0 Å². The minimum Gasteiger partial charge on any atom is -0.446 e. The lowest BCUT2D eigenvalue weighted by Gasteiger charge is -2.34. The smallest absolute Gasteiger partial charge is 0.408 e. The Morgan fingerprint density at radius 1 is 0.940 bits per heavy atom. The molecule has 3 heterocycles. The van der Waals surface area contributed by atoms with E-state index in [4.69, 9.17) is 4.74 Å². The minimum absolute atomic E-state index is 0.127. The van der Waals surface area contributed by atoms with Gasteiger partial charge in [-0.1, -0.05) is 61.4 Å². The van der Waals surface area contributed by atoms with E-state index in [1.807, 2.05) is 24.3 Å².